The number of aryl methyl sites for hydroxylation is 2. The van der Waals surface area contributed by atoms with E-state index in [0.717, 1.165) is 23.1 Å². The van der Waals surface area contributed by atoms with Crippen molar-refractivity contribution in [2.45, 2.75) is 20.4 Å². The van der Waals surface area contributed by atoms with E-state index in [9.17, 15) is 4.79 Å². The maximum absolute atomic E-state index is 11.6. The minimum Gasteiger partial charge on any atom is -0.311 e. The van der Waals surface area contributed by atoms with Crippen LogP contribution in [-0.2, 0) is 11.3 Å². The molecule has 5 heteroatoms. The molecule has 0 fully saturated rings. The number of rotatable bonds is 4. The first kappa shape index (κ1) is 12.6. The van der Waals surface area contributed by atoms with Gasteiger partial charge in [-0.05, 0) is 38.6 Å². The fourth-order valence-corrected chi connectivity index (χ4v) is 1.98. The summed E-state index contributed by atoms with van der Waals surface area (Å²) in [6.07, 6.45) is 0. The molecule has 96 valence electrons. The van der Waals surface area contributed by atoms with Crippen LogP contribution in [0.3, 0.4) is 0 Å². The second-order valence-electron chi connectivity index (χ2n) is 4.25. The molecule has 0 saturated heterocycles. The fraction of sp³-hybridized carbons (Fsp3) is 0.385. The van der Waals surface area contributed by atoms with Crippen LogP contribution in [0, 0.1) is 6.92 Å². The summed E-state index contributed by atoms with van der Waals surface area (Å²) in [5.41, 5.74) is 3.12. The summed E-state index contributed by atoms with van der Waals surface area (Å²) < 4.78 is 2.00. The molecule has 0 saturated carbocycles. The highest BCUT2D eigenvalue weighted by Crippen LogP contribution is 2.20. The number of carbonyl (C=O) groups is 1. The lowest BCUT2D eigenvalue weighted by atomic mass is 10.2. The van der Waals surface area contributed by atoms with Gasteiger partial charge in [-0.25, -0.2) is 4.98 Å². The van der Waals surface area contributed by atoms with Crippen molar-refractivity contribution in [1.82, 2.24) is 14.9 Å². The van der Waals surface area contributed by atoms with Crippen LogP contribution >= 0.6 is 0 Å². The number of amides is 1. The third-order valence-corrected chi connectivity index (χ3v) is 2.81. The van der Waals surface area contributed by atoms with Crippen molar-refractivity contribution in [3.63, 3.8) is 0 Å². The van der Waals surface area contributed by atoms with Gasteiger partial charge in [-0.3, -0.25) is 10.1 Å². The normalized spacial score (nSPS) is 10.8. The predicted molar refractivity (Wildman–Crippen MR) is 72.7 cm³/mol. The molecule has 1 amide bonds. The second kappa shape index (κ2) is 5.18. The number of aromatic nitrogens is 2. The average Bonchev–Trinajstić information content (AvgIpc) is 2.65. The maximum atomic E-state index is 11.6. The van der Waals surface area contributed by atoms with Crippen molar-refractivity contribution in [3.05, 3.63) is 23.8 Å². The van der Waals surface area contributed by atoms with Crippen LogP contribution in [-0.4, -0.2) is 29.1 Å². The van der Waals surface area contributed by atoms with Gasteiger partial charge in [0.25, 0.3) is 0 Å². The summed E-state index contributed by atoms with van der Waals surface area (Å²) in [4.78, 5) is 16.1. The monoisotopic (exact) mass is 246 g/mol. The van der Waals surface area contributed by atoms with Gasteiger partial charge >= 0.3 is 0 Å². The molecule has 0 aliphatic rings. The smallest absolute Gasteiger partial charge is 0.240 e. The molecule has 2 N–H and O–H groups in total. The topological polar surface area (TPSA) is 59.0 Å². The van der Waals surface area contributed by atoms with Crippen LogP contribution in [0.5, 0.6) is 0 Å². The third kappa shape index (κ3) is 2.36. The highest BCUT2D eigenvalue weighted by atomic mass is 16.2. The summed E-state index contributed by atoms with van der Waals surface area (Å²) in [6.45, 7) is 5.12. The van der Waals surface area contributed by atoms with Gasteiger partial charge < -0.3 is 9.88 Å². The molecule has 0 atom stereocenters. The molecule has 5 nitrogen and oxygen atoms in total. The Kier molecular flexibility index (Phi) is 3.62. The Morgan fingerprint density at radius 2 is 2.22 bits per heavy atom. The molecular weight excluding hydrogens is 228 g/mol. The minimum absolute atomic E-state index is 0.0840. The van der Waals surface area contributed by atoms with Crippen molar-refractivity contribution in [1.29, 1.82) is 0 Å². The van der Waals surface area contributed by atoms with E-state index in [1.54, 1.807) is 7.05 Å². The van der Waals surface area contributed by atoms with Crippen LogP contribution in [0.15, 0.2) is 18.2 Å². The maximum Gasteiger partial charge on any atom is 0.240 e. The predicted octanol–water partition coefficient (Wildman–Crippen LogP) is 1.52. The lowest BCUT2D eigenvalue weighted by molar-refractivity contribution is -0.115. The standard InChI is InChI=1S/C13H18N4O/c1-4-17-11-6-5-9(2)7-10(11)15-13(17)16-12(18)8-14-3/h5-7,14H,4,8H2,1-3H3,(H,15,16,18). The van der Waals surface area contributed by atoms with E-state index in [2.05, 4.69) is 21.7 Å². The molecule has 0 bridgehead atoms. The number of imidazole rings is 1. The fourth-order valence-electron chi connectivity index (χ4n) is 1.98. The Balaban J connectivity index is 2.40. The molecule has 2 rings (SSSR count). The number of benzene rings is 1. The van der Waals surface area contributed by atoms with Gasteiger partial charge in [-0.15, -0.1) is 0 Å². The number of hydrogen-bond acceptors (Lipinski definition) is 3. The lowest BCUT2D eigenvalue weighted by Gasteiger charge is -2.07. The summed E-state index contributed by atoms with van der Waals surface area (Å²) in [5, 5.41) is 5.64. The van der Waals surface area contributed by atoms with Crippen molar-refractivity contribution < 1.29 is 4.79 Å². The number of fused-ring (bicyclic) bond motifs is 1. The van der Waals surface area contributed by atoms with E-state index in [-0.39, 0.29) is 12.5 Å². The highest BCUT2D eigenvalue weighted by Gasteiger charge is 2.11. The van der Waals surface area contributed by atoms with E-state index in [1.807, 2.05) is 30.5 Å². The zero-order valence-electron chi connectivity index (χ0n) is 10.9. The van der Waals surface area contributed by atoms with Crippen molar-refractivity contribution in [2.24, 2.45) is 0 Å². The second-order valence-corrected chi connectivity index (χ2v) is 4.25. The Morgan fingerprint density at radius 3 is 2.89 bits per heavy atom. The number of nitrogens with one attached hydrogen (secondary N) is 2. The van der Waals surface area contributed by atoms with E-state index >= 15 is 0 Å². The number of anilines is 1. The highest BCUT2D eigenvalue weighted by molar-refractivity contribution is 5.92. The van der Waals surface area contributed by atoms with Crippen molar-refractivity contribution in [3.8, 4) is 0 Å². The minimum atomic E-state index is -0.0840. The Morgan fingerprint density at radius 1 is 1.44 bits per heavy atom. The first-order chi connectivity index (χ1) is 8.65. The first-order valence-electron chi connectivity index (χ1n) is 6.07. The molecule has 0 aliphatic carbocycles. The molecule has 18 heavy (non-hydrogen) atoms. The molecule has 1 heterocycles. The van der Waals surface area contributed by atoms with Crippen molar-refractivity contribution in [2.75, 3.05) is 18.9 Å². The van der Waals surface area contributed by atoms with Crippen LogP contribution in [0.1, 0.15) is 12.5 Å². The largest absolute Gasteiger partial charge is 0.311 e. The van der Waals surface area contributed by atoms with Gasteiger partial charge in [-0.2, -0.15) is 0 Å². The van der Waals surface area contributed by atoms with Gasteiger partial charge in [0.1, 0.15) is 0 Å². The number of carbonyl (C=O) groups excluding carboxylic acids is 1. The lowest BCUT2D eigenvalue weighted by Crippen LogP contribution is -2.26. The van der Waals surface area contributed by atoms with E-state index in [1.165, 1.54) is 0 Å². The average molecular weight is 246 g/mol. The zero-order valence-corrected chi connectivity index (χ0v) is 10.9. The summed E-state index contributed by atoms with van der Waals surface area (Å²) >= 11 is 0. The van der Waals surface area contributed by atoms with Crippen molar-refractivity contribution >= 4 is 22.9 Å². The third-order valence-electron chi connectivity index (χ3n) is 2.81. The van der Waals surface area contributed by atoms with Crippen LogP contribution in [0.2, 0.25) is 0 Å². The Bertz CT molecular complexity index is 574. The van der Waals surface area contributed by atoms with Gasteiger partial charge in [-0.1, -0.05) is 6.07 Å². The number of likely N-dealkylation sites (N-methyl/N-ethyl adjacent to an activating group) is 1. The van der Waals surface area contributed by atoms with E-state index in [0.29, 0.717) is 5.95 Å². The Hall–Kier alpha value is -1.88. The summed E-state index contributed by atoms with van der Waals surface area (Å²) in [5.74, 6) is 0.526. The van der Waals surface area contributed by atoms with Crippen LogP contribution in [0.4, 0.5) is 5.95 Å². The van der Waals surface area contributed by atoms with E-state index in [4.69, 9.17) is 0 Å². The zero-order chi connectivity index (χ0) is 13.1. The quantitative estimate of drug-likeness (QED) is 0.860. The van der Waals surface area contributed by atoms with E-state index < -0.39 is 0 Å². The van der Waals surface area contributed by atoms with Crippen LogP contribution < -0.4 is 10.6 Å². The SMILES string of the molecule is CCn1c(NC(=O)CNC)nc2cc(C)ccc21. The molecule has 0 unspecified atom stereocenters. The molecule has 2 aromatic rings. The Labute approximate surface area is 106 Å². The molecular formula is C13H18N4O. The molecule has 0 spiro atoms. The van der Waals surface area contributed by atoms with Gasteiger partial charge in [0.15, 0.2) is 0 Å². The van der Waals surface area contributed by atoms with Gasteiger partial charge in [0.2, 0.25) is 11.9 Å². The first-order valence-corrected chi connectivity index (χ1v) is 6.07. The summed E-state index contributed by atoms with van der Waals surface area (Å²) in [6, 6.07) is 6.11. The number of nitrogens with zero attached hydrogens (tertiary/aromatic N) is 2. The molecule has 1 aromatic heterocycles. The summed E-state index contributed by atoms with van der Waals surface area (Å²) in [7, 11) is 1.74. The van der Waals surface area contributed by atoms with Crippen LogP contribution in [0.25, 0.3) is 11.0 Å². The van der Waals surface area contributed by atoms with Gasteiger partial charge in [0.05, 0.1) is 17.6 Å². The molecule has 1 aromatic carbocycles. The molecule has 0 aliphatic heterocycles. The van der Waals surface area contributed by atoms with Gasteiger partial charge in [0, 0.05) is 6.54 Å². The molecule has 0 radical (unpaired) electrons. The number of hydrogen-bond donors (Lipinski definition) is 2.